The normalized spacial score (nSPS) is 16.6. The van der Waals surface area contributed by atoms with Gasteiger partial charge in [0.15, 0.2) is 11.5 Å². The van der Waals surface area contributed by atoms with E-state index >= 15 is 0 Å². The molecule has 7 heteroatoms. The average Bonchev–Trinajstić information content (AvgIpc) is 3.02. The zero-order valence-electron chi connectivity index (χ0n) is 15.9. The van der Waals surface area contributed by atoms with E-state index in [9.17, 15) is 4.79 Å². The number of ether oxygens (including phenoxy) is 2. The molecule has 1 atom stereocenters. The average molecular weight is 451 g/mol. The fourth-order valence-electron chi connectivity index (χ4n) is 3.04. The van der Waals surface area contributed by atoms with Crippen LogP contribution in [-0.4, -0.2) is 44.9 Å². The molecule has 2 aromatic carbocycles. The summed E-state index contributed by atoms with van der Waals surface area (Å²) in [6, 6.07) is 12.1. The molecule has 0 aliphatic carbocycles. The van der Waals surface area contributed by atoms with Crippen molar-refractivity contribution in [1.29, 1.82) is 0 Å². The van der Waals surface area contributed by atoms with Crippen molar-refractivity contribution in [1.82, 2.24) is 4.90 Å². The van der Waals surface area contributed by atoms with E-state index in [1.165, 1.54) is 0 Å². The molecule has 1 aliphatic rings. The Morgan fingerprint density at radius 3 is 2.37 bits per heavy atom. The second-order valence-electron chi connectivity index (χ2n) is 6.47. The Balaban J connectivity index is 1.88. The minimum Gasteiger partial charge on any atom is -0.493 e. The van der Waals surface area contributed by atoms with Crippen molar-refractivity contribution >= 4 is 39.3 Å². The molecular weight excluding hydrogens is 428 g/mol. The Hall–Kier alpha value is -1.86. The van der Waals surface area contributed by atoms with Crippen molar-refractivity contribution < 1.29 is 14.3 Å². The zero-order chi connectivity index (χ0) is 19.6. The van der Waals surface area contributed by atoms with E-state index in [0.717, 1.165) is 21.3 Å². The van der Waals surface area contributed by atoms with Crippen molar-refractivity contribution in [2.75, 3.05) is 39.0 Å². The number of carbonyl (C=O) groups excluding carboxylic acids is 1. The van der Waals surface area contributed by atoms with Crippen LogP contribution < -0.4 is 14.4 Å². The van der Waals surface area contributed by atoms with Gasteiger partial charge in [-0.1, -0.05) is 28.1 Å². The predicted molar refractivity (Wildman–Crippen MR) is 114 cm³/mol. The topological polar surface area (TPSA) is 42.0 Å². The molecule has 3 rings (SSSR count). The van der Waals surface area contributed by atoms with Gasteiger partial charge in [-0.15, -0.1) is 11.8 Å². The summed E-state index contributed by atoms with van der Waals surface area (Å²) in [6.45, 7) is 0.574. The van der Waals surface area contributed by atoms with Crippen LogP contribution in [0.5, 0.6) is 11.5 Å². The minimum absolute atomic E-state index is 0.0693. The van der Waals surface area contributed by atoms with Crippen LogP contribution in [0.15, 0.2) is 40.9 Å². The highest BCUT2D eigenvalue weighted by molar-refractivity contribution is 9.10. The standard InChI is InChI=1S/C20H23BrN2O3S/c1-22(2)14-7-5-13(6-8-14)11-23-19(24)12-27-20(23)15-9-17(25-3)18(26-4)10-16(15)21/h5-10,20H,11-12H2,1-4H3. The molecule has 1 heterocycles. The largest absolute Gasteiger partial charge is 0.493 e. The summed E-state index contributed by atoms with van der Waals surface area (Å²) in [5.41, 5.74) is 3.26. The number of hydrogen-bond donors (Lipinski definition) is 0. The molecule has 1 fully saturated rings. The van der Waals surface area contributed by atoms with Crippen LogP contribution >= 0.6 is 27.7 Å². The van der Waals surface area contributed by atoms with E-state index in [-0.39, 0.29) is 11.3 Å². The number of methoxy groups -OCH3 is 2. The van der Waals surface area contributed by atoms with Gasteiger partial charge in [0.05, 0.1) is 20.0 Å². The summed E-state index contributed by atoms with van der Waals surface area (Å²) in [6.07, 6.45) is 0. The summed E-state index contributed by atoms with van der Waals surface area (Å²) < 4.78 is 11.7. The molecule has 1 saturated heterocycles. The molecule has 2 aromatic rings. The van der Waals surface area contributed by atoms with Gasteiger partial charge in [-0.2, -0.15) is 0 Å². The lowest BCUT2D eigenvalue weighted by molar-refractivity contribution is -0.128. The molecule has 5 nitrogen and oxygen atoms in total. The number of halogens is 1. The van der Waals surface area contributed by atoms with Crippen LogP contribution in [-0.2, 0) is 11.3 Å². The van der Waals surface area contributed by atoms with E-state index in [4.69, 9.17) is 9.47 Å². The maximum Gasteiger partial charge on any atom is 0.234 e. The molecule has 1 aliphatic heterocycles. The Morgan fingerprint density at radius 1 is 1.15 bits per heavy atom. The maximum atomic E-state index is 12.6. The smallest absolute Gasteiger partial charge is 0.234 e. The number of nitrogens with zero attached hydrogens (tertiary/aromatic N) is 2. The molecule has 1 unspecified atom stereocenters. The number of anilines is 1. The fraction of sp³-hybridized carbons (Fsp3) is 0.350. The van der Waals surface area contributed by atoms with E-state index in [0.29, 0.717) is 23.8 Å². The van der Waals surface area contributed by atoms with Gasteiger partial charge < -0.3 is 19.3 Å². The molecule has 0 aromatic heterocycles. The fourth-order valence-corrected chi connectivity index (χ4v) is 4.94. The van der Waals surface area contributed by atoms with Crippen LogP contribution in [0.4, 0.5) is 5.69 Å². The highest BCUT2D eigenvalue weighted by atomic mass is 79.9. The van der Waals surface area contributed by atoms with Crippen molar-refractivity contribution in [2.24, 2.45) is 0 Å². The lowest BCUT2D eigenvalue weighted by atomic mass is 10.1. The first-order valence-corrected chi connectivity index (χ1v) is 10.4. The number of amides is 1. The third kappa shape index (κ3) is 4.19. The summed E-state index contributed by atoms with van der Waals surface area (Å²) in [4.78, 5) is 16.5. The van der Waals surface area contributed by atoms with E-state index < -0.39 is 0 Å². The number of carbonyl (C=O) groups is 1. The second-order valence-corrected chi connectivity index (χ2v) is 8.40. The molecular formula is C20H23BrN2O3S. The van der Waals surface area contributed by atoms with Crippen LogP contribution in [0.3, 0.4) is 0 Å². The van der Waals surface area contributed by atoms with Gasteiger partial charge in [0.1, 0.15) is 5.37 Å². The van der Waals surface area contributed by atoms with Crippen LogP contribution in [0, 0.1) is 0 Å². The van der Waals surface area contributed by atoms with Crippen molar-refractivity contribution in [3.63, 3.8) is 0 Å². The predicted octanol–water partition coefficient (Wildman–Crippen LogP) is 4.31. The van der Waals surface area contributed by atoms with Crippen LogP contribution in [0.2, 0.25) is 0 Å². The van der Waals surface area contributed by atoms with E-state index in [1.807, 2.05) is 31.1 Å². The number of benzene rings is 2. The first kappa shape index (κ1) is 19.9. The van der Waals surface area contributed by atoms with E-state index in [1.54, 1.807) is 26.0 Å². The Morgan fingerprint density at radius 2 is 1.78 bits per heavy atom. The third-order valence-corrected chi connectivity index (χ3v) is 6.47. The lowest BCUT2D eigenvalue weighted by Gasteiger charge is -2.26. The quantitative estimate of drug-likeness (QED) is 0.655. The molecule has 0 N–H and O–H groups in total. The van der Waals surface area contributed by atoms with Gasteiger partial charge in [0.25, 0.3) is 0 Å². The van der Waals surface area contributed by atoms with Gasteiger partial charge in [-0.3, -0.25) is 4.79 Å². The first-order chi connectivity index (χ1) is 12.9. The number of hydrogen-bond acceptors (Lipinski definition) is 5. The van der Waals surface area contributed by atoms with Crippen molar-refractivity contribution in [3.8, 4) is 11.5 Å². The minimum atomic E-state index is -0.0693. The monoisotopic (exact) mass is 450 g/mol. The molecule has 0 radical (unpaired) electrons. The highest BCUT2D eigenvalue weighted by Crippen LogP contribution is 2.45. The number of thioether (sulfide) groups is 1. The highest BCUT2D eigenvalue weighted by Gasteiger charge is 2.34. The van der Waals surface area contributed by atoms with Crippen molar-refractivity contribution in [3.05, 3.63) is 52.0 Å². The SMILES string of the molecule is COc1cc(Br)c(C2SCC(=O)N2Cc2ccc(N(C)C)cc2)cc1OC. The summed E-state index contributed by atoms with van der Waals surface area (Å²) in [5, 5.41) is -0.0693. The molecule has 144 valence electrons. The number of rotatable bonds is 6. The van der Waals surface area contributed by atoms with Crippen LogP contribution in [0.25, 0.3) is 0 Å². The van der Waals surface area contributed by atoms with E-state index in [2.05, 4.69) is 45.1 Å². The van der Waals surface area contributed by atoms with Crippen LogP contribution in [0.1, 0.15) is 16.5 Å². The summed E-state index contributed by atoms with van der Waals surface area (Å²) in [7, 11) is 7.26. The molecule has 0 spiro atoms. The van der Waals surface area contributed by atoms with Gasteiger partial charge >= 0.3 is 0 Å². The molecule has 0 saturated carbocycles. The summed E-state index contributed by atoms with van der Waals surface area (Å²) >= 11 is 5.25. The van der Waals surface area contributed by atoms with Gasteiger partial charge in [-0.25, -0.2) is 0 Å². The van der Waals surface area contributed by atoms with Crippen molar-refractivity contribution in [2.45, 2.75) is 11.9 Å². The Labute approximate surface area is 172 Å². The second kappa shape index (κ2) is 8.44. The lowest BCUT2D eigenvalue weighted by Crippen LogP contribution is -2.27. The van der Waals surface area contributed by atoms with Gasteiger partial charge in [0, 0.05) is 36.4 Å². The molecule has 1 amide bonds. The third-order valence-electron chi connectivity index (χ3n) is 4.54. The first-order valence-electron chi connectivity index (χ1n) is 8.53. The zero-order valence-corrected chi connectivity index (χ0v) is 18.3. The van der Waals surface area contributed by atoms with Gasteiger partial charge in [-0.05, 0) is 29.8 Å². The Bertz CT molecular complexity index is 827. The molecule has 0 bridgehead atoms. The van der Waals surface area contributed by atoms with Gasteiger partial charge in [0.2, 0.25) is 5.91 Å². The summed E-state index contributed by atoms with van der Waals surface area (Å²) in [5.74, 6) is 1.93. The Kier molecular flexibility index (Phi) is 6.22. The molecule has 27 heavy (non-hydrogen) atoms. The maximum absolute atomic E-state index is 12.6.